The molecule has 1 aromatic carbocycles. The van der Waals surface area contributed by atoms with Crippen molar-refractivity contribution in [1.29, 1.82) is 0 Å². The fourth-order valence-corrected chi connectivity index (χ4v) is 1.88. The van der Waals surface area contributed by atoms with Crippen molar-refractivity contribution in [3.05, 3.63) is 41.6 Å². The van der Waals surface area contributed by atoms with Crippen LogP contribution in [0, 0.1) is 0 Å². The molecule has 0 fully saturated rings. The zero-order valence-corrected chi connectivity index (χ0v) is 12.5. The minimum absolute atomic E-state index is 0.301. The lowest BCUT2D eigenvalue weighted by Gasteiger charge is -2.06. The van der Waals surface area contributed by atoms with Gasteiger partial charge in [-0.3, -0.25) is 14.3 Å². The van der Waals surface area contributed by atoms with Gasteiger partial charge in [0.05, 0.1) is 6.61 Å². The van der Waals surface area contributed by atoms with Gasteiger partial charge in [0.15, 0.2) is 0 Å². The fraction of sp³-hybridized carbons (Fsp3) is 0.267. The van der Waals surface area contributed by atoms with Gasteiger partial charge in [-0.05, 0) is 38.1 Å². The Morgan fingerprint density at radius 1 is 1.27 bits per heavy atom. The van der Waals surface area contributed by atoms with Gasteiger partial charge in [0.25, 0.3) is 5.91 Å². The van der Waals surface area contributed by atoms with Crippen LogP contribution in [0.5, 0.6) is 5.88 Å². The molecular formula is C15H18N4O3. The van der Waals surface area contributed by atoms with Crippen LogP contribution in [0.1, 0.15) is 34.6 Å². The Morgan fingerprint density at radius 2 is 1.95 bits per heavy atom. The highest BCUT2D eigenvalue weighted by Gasteiger charge is 2.17. The summed E-state index contributed by atoms with van der Waals surface area (Å²) in [6.07, 6.45) is 1.64. The lowest BCUT2D eigenvalue weighted by atomic mass is 10.2. The van der Waals surface area contributed by atoms with Crippen molar-refractivity contribution in [2.24, 2.45) is 5.73 Å². The summed E-state index contributed by atoms with van der Waals surface area (Å²) >= 11 is 0. The summed E-state index contributed by atoms with van der Waals surface area (Å²) in [4.78, 5) is 23.3. The molecule has 0 aliphatic carbocycles. The molecule has 22 heavy (non-hydrogen) atoms. The quantitative estimate of drug-likeness (QED) is 0.847. The maximum absolute atomic E-state index is 12.3. The van der Waals surface area contributed by atoms with Crippen molar-refractivity contribution in [1.82, 2.24) is 9.78 Å². The predicted octanol–water partition coefficient (Wildman–Crippen LogP) is 1.65. The summed E-state index contributed by atoms with van der Waals surface area (Å²) in [6.45, 7) is 4.82. The number of ether oxygens (including phenoxy) is 1. The van der Waals surface area contributed by atoms with Crippen LogP contribution in [0.25, 0.3) is 0 Å². The molecule has 0 radical (unpaired) electrons. The van der Waals surface area contributed by atoms with E-state index >= 15 is 0 Å². The number of primary amides is 1. The Morgan fingerprint density at radius 3 is 2.50 bits per heavy atom. The number of amides is 2. The van der Waals surface area contributed by atoms with Crippen LogP contribution >= 0.6 is 0 Å². The molecule has 0 unspecified atom stereocenters. The maximum Gasteiger partial charge on any atom is 0.262 e. The van der Waals surface area contributed by atoms with E-state index in [4.69, 9.17) is 10.5 Å². The first kappa shape index (κ1) is 15.6. The summed E-state index contributed by atoms with van der Waals surface area (Å²) < 4.78 is 7.01. The molecule has 7 nitrogen and oxygen atoms in total. The summed E-state index contributed by atoms with van der Waals surface area (Å²) in [5.41, 5.74) is 6.48. The Bertz CT molecular complexity index is 677. The third kappa shape index (κ3) is 3.43. The number of anilines is 1. The van der Waals surface area contributed by atoms with Gasteiger partial charge >= 0.3 is 0 Å². The molecule has 116 valence electrons. The number of hydrogen-bond donors (Lipinski definition) is 2. The van der Waals surface area contributed by atoms with Crippen LogP contribution in [-0.2, 0) is 6.54 Å². The molecule has 0 bridgehead atoms. The SMILES string of the molecule is CCOc1nn(CC)cc1C(=O)Nc1ccc(C(N)=O)cc1. The number of nitrogens with zero attached hydrogens (tertiary/aromatic N) is 2. The van der Waals surface area contributed by atoms with E-state index in [9.17, 15) is 9.59 Å². The number of nitrogens with one attached hydrogen (secondary N) is 1. The van der Waals surface area contributed by atoms with Crippen LogP contribution in [0.4, 0.5) is 5.69 Å². The second kappa shape index (κ2) is 6.75. The maximum atomic E-state index is 12.3. The van der Waals surface area contributed by atoms with Gasteiger partial charge in [-0.1, -0.05) is 0 Å². The van der Waals surface area contributed by atoms with E-state index in [0.717, 1.165) is 0 Å². The highest BCUT2D eigenvalue weighted by atomic mass is 16.5. The van der Waals surface area contributed by atoms with Crippen molar-refractivity contribution in [2.75, 3.05) is 11.9 Å². The van der Waals surface area contributed by atoms with Crippen molar-refractivity contribution in [3.63, 3.8) is 0 Å². The van der Waals surface area contributed by atoms with Crippen molar-refractivity contribution in [3.8, 4) is 5.88 Å². The van der Waals surface area contributed by atoms with Gasteiger partial charge in [0.1, 0.15) is 5.56 Å². The average molecular weight is 302 g/mol. The number of carbonyl (C=O) groups excluding carboxylic acids is 2. The largest absolute Gasteiger partial charge is 0.476 e. The Kier molecular flexibility index (Phi) is 4.77. The molecule has 7 heteroatoms. The number of benzene rings is 1. The van der Waals surface area contributed by atoms with E-state index in [2.05, 4.69) is 10.4 Å². The first-order valence-electron chi connectivity index (χ1n) is 6.96. The molecule has 2 rings (SSSR count). The normalized spacial score (nSPS) is 10.3. The second-order valence-electron chi connectivity index (χ2n) is 4.53. The van der Waals surface area contributed by atoms with E-state index in [1.54, 1.807) is 35.1 Å². The third-order valence-corrected chi connectivity index (χ3v) is 3.00. The standard InChI is InChI=1S/C15H18N4O3/c1-3-19-9-12(15(18-19)22-4-2)14(21)17-11-7-5-10(6-8-11)13(16)20/h5-9H,3-4H2,1-2H3,(H2,16,20)(H,17,21). The van der Waals surface area contributed by atoms with Crippen LogP contribution in [0.3, 0.4) is 0 Å². The highest BCUT2D eigenvalue weighted by molar-refractivity contribution is 6.06. The number of rotatable bonds is 6. The molecule has 0 saturated carbocycles. The molecule has 0 aliphatic rings. The monoisotopic (exact) mass is 302 g/mol. The van der Waals surface area contributed by atoms with E-state index < -0.39 is 5.91 Å². The lowest BCUT2D eigenvalue weighted by molar-refractivity contribution is 0.0997. The minimum Gasteiger partial charge on any atom is -0.476 e. The van der Waals surface area contributed by atoms with E-state index in [0.29, 0.717) is 35.8 Å². The first-order chi connectivity index (χ1) is 10.5. The van der Waals surface area contributed by atoms with E-state index in [-0.39, 0.29) is 5.91 Å². The van der Waals surface area contributed by atoms with Gasteiger partial charge in [-0.2, -0.15) is 0 Å². The topological polar surface area (TPSA) is 99.2 Å². The third-order valence-electron chi connectivity index (χ3n) is 3.00. The van der Waals surface area contributed by atoms with Crippen LogP contribution in [0.15, 0.2) is 30.5 Å². The highest BCUT2D eigenvalue weighted by Crippen LogP contribution is 2.18. The van der Waals surface area contributed by atoms with Crippen LogP contribution in [-0.4, -0.2) is 28.2 Å². The first-order valence-corrected chi connectivity index (χ1v) is 6.96. The van der Waals surface area contributed by atoms with Gasteiger partial charge in [0.2, 0.25) is 11.8 Å². The molecule has 3 N–H and O–H groups in total. The molecule has 0 spiro atoms. The van der Waals surface area contributed by atoms with Crippen molar-refractivity contribution >= 4 is 17.5 Å². The van der Waals surface area contributed by atoms with Gasteiger partial charge < -0.3 is 15.8 Å². The van der Waals surface area contributed by atoms with Gasteiger partial charge in [-0.25, -0.2) is 0 Å². The van der Waals surface area contributed by atoms with Gasteiger partial charge in [0, 0.05) is 24.0 Å². The van der Waals surface area contributed by atoms with Crippen molar-refractivity contribution in [2.45, 2.75) is 20.4 Å². The molecule has 2 aromatic rings. The molecule has 2 amide bonds. The van der Waals surface area contributed by atoms with E-state index in [1.165, 1.54) is 0 Å². The van der Waals surface area contributed by atoms with E-state index in [1.807, 2.05) is 13.8 Å². The Labute approximate surface area is 128 Å². The number of carbonyl (C=O) groups is 2. The number of hydrogen-bond acceptors (Lipinski definition) is 4. The summed E-state index contributed by atoms with van der Waals surface area (Å²) in [6, 6.07) is 6.33. The van der Waals surface area contributed by atoms with Crippen LogP contribution < -0.4 is 15.8 Å². The zero-order chi connectivity index (χ0) is 16.1. The predicted molar refractivity (Wildman–Crippen MR) is 82.0 cm³/mol. The summed E-state index contributed by atoms with van der Waals surface area (Å²) in [5.74, 6) is -0.536. The minimum atomic E-state index is -0.513. The molecular weight excluding hydrogens is 284 g/mol. The number of aryl methyl sites for hydroxylation is 1. The van der Waals surface area contributed by atoms with Crippen LogP contribution in [0.2, 0.25) is 0 Å². The molecule has 1 heterocycles. The number of nitrogens with two attached hydrogens (primary N) is 1. The molecule has 0 saturated heterocycles. The van der Waals surface area contributed by atoms with Gasteiger partial charge in [-0.15, -0.1) is 5.10 Å². The second-order valence-corrected chi connectivity index (χ2v) is 4.53. The molecule has 1 aromatic heterocycles. The summed E-state index contributed by atoms with van der Waals surface area (Å²) in [7, 11) is 0. The zero-order valence-electron chi connectivity index (χ0n) is 12.5. The lowest BCUT2D eigenvalue weighted by Crippen LogP contribution is -2.14. The Balaban J connectivity index is 2.17. The summed E-state index contributed by atoms with van der Waals surface area (Å²) in [5, 5.41) is 6.93. The molecule has 0 aliphatic heterocycles. The average Bonchev–Trinajstić information content (AvgIpc) is 2.91. The number of aromatic nitrogens is 2. The Hall–Kier alpha value is -2.83. The smallest absolute Gasteiger partial charge is 0.262 e. The fourth-order valence-electron chi connectivity index (χ4n) is 1.88. The molecule has 0 atom stereocenters. The van der Waals surface area contributed by atoms with Crippen molar-refractivity contribution < 1.29 is 14.3 Å².